The molecule has 0 radical (unpaired) electrons. The van der Waals surface area contributed by atoms with E-state index in [0.717, 1.165) is 35.7 Å². The van der Waals surface area contributed by atoms with Gasteiger partial charge < -0.3 is 10.1 Å². The quantitative estimate of drug-likeness (QED) is 0.911. The van der Waals surface area contributed by atoms with Gasteiger partial charge >= 0.3 is 0 Å². The zero-order valence-electron chi connectivity index (χ0n) is 11.2. The molecule has 1 atom stereocenters. The van der Waals surface area contributed by atoms with Crippen molar-refractivity contribution in [2.45, 2.75) is 19.4 Å². The second kappa shape index (κ2) is 4.97. The van der Waals surface area contributed by atoms with Crippen molar-refractivity contribution in [3.8, 4) is 5.75 Å². The lowest BCUT2D eigenvalue weighted by atomic mass is 10.00. The zero-order chi connectivity index (χ0) is 13.2. The normalized spacial score (nSPS) is 14.8. The molecule has 1 aliphatic rings. The predicted molar refractivity (Wildman–Crippen MR) is 73.3 cm³/mol. The zero-order valence-corrected chi connectivity index (χ0v) is 11.2. The van der Waals surface area contributed by atoms with Crippen molar-refractivity contribution in [1.29, 1.82) is 0 Å². The number of rotatable bonds is 3. The molecule has 1 aromatic carbocycles. The van der Waals surface area contributed by atoms with E-state index in [0.29, 0.717) is 0 Å². The summed E-state index contributed by atoms with van der Waals surface area (Å²) in [6, 6.07) is 6.31. The van der Waals surface area contributed by atoms with Gasteiger partial charge in [-0.25, -0.2) is 0 Å². The van der Waals surface area contributed by atoms with Crippen LogP contribution in [0.1, 0.15) is 28.6 Å². The van der Waals surface area contributed by atoms with Crippen LogP contribution in [-0.2, 0) is 6.42 Å². The van der Waals surface area contributed by atoms with Crippen molar-refractivity contribution < 1.29 is 4.74 Å². The molecule has 0 spiro atoms. The molecule has 1 N–H and O–H groups in total. The summed E-state index contributed by atoms with van der Waals surface area (Å²) < 4.78 is 5.77. The van der Waals surface area contributed by atoms with Crippen molar-refractivity contribution in [3.63, 3.8) is 0 Å². The predicted octanol–water partition coefficient (Wildman–Crippen LogP) is 2.03. The second-order valence-electron chi connectivity index (χ2n) is 4.74. The lowest BCUT2D eigenvalue weighted by molar-refractivity contribution is 0.351. The third-order valence-electron chi connectivity index (χ3n) is 3.44. The Morgan fingerprint density at radius 3 is 2.89 bits per heavy atom. The number of hydrogen-bond acceptors (Lipinski definition) is 4. The first kappa shape index (κ1) is 12.1. The van der Waals surface area contributed by atoms with Crippen LogP contribution in [0.2, 0.25) is 0 Å². The van der Waals surface area contributed by atoms with E-state index in [1.165, 1.54) is 5.56 Å². The first-order valence-electron chi connectivity index (χ1n) is 6.50. The molecule has 1 aromatic heterocycles. The maximum Gasteiger partial charge on any atom is 0.127 e. The number of nitrogens with one attached hydrogen (secondary N) is 1. The van der Waals surface area contributed by atoms with Crippen molar-refractivity contribution in [1.82, 2.24) is 15.3 Å². The number of aromatic nitrogens is 2. The smallest absolute Gasteiger partial charge is 0.127 e. The van der Waals surface area contributed by atoms with Crippen LogP contribution in [0.15, 0.2) is 30.6 Å². The summed E-state index contributed by atoms with van der Waals surface area (Å²) in [4.78, 5) is 8.79. The number of para-hydroxylation sites is 1. The summed E-state index contributed by atoms with van der Waals surface area (Å²) in [5, 5.41) is 3.30. The Balaban J connectivity index is 2.03. The molecule has 1 aliphatic heterocycles. The minimum Gasteiger partial charge on any atom is -0.493 e. The monoisotopic (exact) mass is 255 g/mol. The Morgan fingerprint density at radius 1 is 1.26 bits per heavy atom. The van der Waals surface area contributed by atoms with Gasteiger partial charge in [0.1, 0.15) is 5.75 Å². The SMILES string of the molecule is CNC(c1cnc(C)cn1)c1cccc2c1OCC2. The molecule has 3 rings (SSSR count). The van der Waals surface area contributed by atoms with Crippen LogP contribution >= 0.6 is 0 Å². The van der Waals surface area contributed by atoms with Gasteiger partial charge in [-0.15, -0.1) is 0 Å². The van der Waals surface area contributed by atoms with Gasteiger partial charge in [0, 0.05) is 18.2 Å². The summed E-state index contributed by atoms with van der Waals surface area (Å²) in [7, 11) is 1.93. The van der Waals surface area contributed by atoms with Crippen LogP contribution in [0.5, 0.6) is 5.75 Å². The standard InChI is InChI=1S/C15H17N3O/c1-10-8-18-13(9-17-10)14(16-2)12-5-3-4-11-6-7-19-15(11)12/h3-5,8-9,14,16H,6-7H2,1-2H3. The summed E-state index contributed by atoms with van der Waals surface area (Å²) in [5.41, 5.74) is 4.25. The van der Waals surface area contributed by atoms with E-state index in [9.17, 15) is 0 Å². The molecule has 1 unspecified atom stereocenters. The summed E-state index contributed by atoms with van der Waals surface area (Å²) in [5.74, 6) is 1.00. The average Bonchev–Trinajstić information content (AvgIpc) is 2.91. The third kappa shape index (κ3) is 2.19. The number of fused-ring (bicyclic) bond motifs is 1. The van der Waals surface area contributed by atoms with Gasteiger partial charge in [-0.05, 0) is 19.5 Å². The molecule has 0 aliphatic carbocycles. The highest BCUT2D eigenvalue weighted by atomic mass is 16.5. The minimum absolute atomic E-state index is 0.0150. The number of benzene rings is 1. The highest BCUT2D eigenvalue weighted by Gasteiger charge is 2.23. The van der Waals surface area contributed by atoms with E-state index < -0.39 is 0 Å². The maximum atomic E-state index is 5.77. The molecular formula is C15H17N3O. The van der Waals surface area contributed by atoms with Crippen LogP contribution in [-0.4, -0.2) is 23.6 Å². The Hall–Kier alpha value is -1.94. The molecule has 4 nitrogen and oxygen atoms in total. The van der Waals surface area contributed by atoms with Gasteiger partial charge in [0.2, 0.25) is 0 Å². The van der Waals surface area contributed by atoms with Gasteiger partial charge in [-0.3, -0.25) is 9.97 Å². The first-order chi connectivity index (χ1) is 9.29. The van der Waals surface area contributed by atoms with Gasteiger partial charge in [0.05, 0.1) is 30.2 Å². The van der Waals surface area contributed by atoms with E-state index >= 15 is 0 Å². The van der Waals surface area contributed by atoms with Crippen molar-refractivity contribution in [2.75, 3.05) is 13.7 Å². The molecule has 19 heavy (non-hydrogen) atoms. The van der Waals surface area contributed by atoms with Gasteiger partial charge in [0.15, 0.2) is 0 Å². The van der Waals surface area contributed by atoms with Crippen LogP contribution in [0, 0.1) is 6.92 Å². The molecule has 0 amide bonds. The lowest BCUT2D eigenvalue weighted by Gasteiger charge is -2.18. The van der Waals surface area contributed by atoms with Gasteiger partial charge in [0.25, 0.3) is 0 Å². The topological polar surface area (TPSA) is 47.0 Å². The number of hydrogen-bond donors (Lipinski definition) is 1. The number of nitrogens with zero attached hydrogens (tertiary/aromatic N) is 2. The molecule has 0 saturated carbocycles. The molecule has 0 fully saturated rings. The van der Waals surface area contributed by atoms with E-state index in [1.54, 1.807) is 6.20 Å². The fourth-order valence-electron chi connectivity index (χ4n) is 2.48. The van der Waals surface area contributed by atoms with E-state index in [2.05, 4.69) is 33.5 Å². The number of ether oxygens (including phenoxy) is 1. The molecule has 0 bridgehead atoms. The second-order valence-corrected chi connectivity index (χ2v) is 4.74. The average molecular weight is 255 g/mol. The van der Waals surface area contributed by atoms with Crippen LogP contribution in [0.4, 0.5) is 0 Å². The summed E-state index contributed by atoms with van der Waals surface area (Å²) in [6.45, 7) is 2.71. The maximum absolute atomic E-state index is 5.77. The highest BCUT2D eigenvalue weighted by molar-refractivity contribution is 5.47. The largest absolute Gasteiger partial charge is 0.493 e. The molecule has 4 heteroatoms. The summed E-state index contributed by atoms with van der Waals surface area (Å²) in [6.07, 6.45) is 4.60. The van der Waals surface area contributed by atoms with Crippen molar-refractivity contribution in [3.05, 3.63) is 53.1 Å². The fraction of sp³-hybridized carbons (Fsp3) is 0.333. The Kier molecular flexibility index (Phi) is 3.17. The van der Waals surface area contributed by atoms with Crippen molar-refractivity contribution in [2.24, 2.45) is 0 Å². The van der Waals surface area contributed by atoms with Crippen LogP contribution in [0.25, 0.3) is 0 Å². The molecular weight excluding hydrogens is 238 g/mol. The minimum atomic E-state index is 0.0150. The molecule has 98 valence electrons. The summed E-state index contributed by atoms with van der Waals surface area (Å²) >= 11 is 0. The first-order valence-corrected chi connectivity index (χ1v) is 6.50. The molecule has 2 aromatic rings. The van der Waals surface area contributed by atoms with Gasteiger partial charge in [-0.1, -0.05) is 18.2 Å². The van der Waals surface area contributed by atoms with E-state index in [-0.39, 0.29) is 6.04 Å². The van der Waals surface area contributed by atoms with Gasteiger partial charge in [-0.2, -0.15) is 0 Å². The third-order valence-corrected chi connectivity index (χ3v) is 3.44. The Bertz CT molecular complexity index is 580. The van der Waals surface area contributed by atoms with Crippen LogP contribution in [0.3, 0.4) is 0 Å². The molecule has 0 saturated heterocycles. The number of aryl methyl sites for hydroxylation is 1. The Labute approximate surface area is 112 Å². The van der Waals surface area contributed by atoms with Crippen LogP contribution < -0.4 is 10.1 Å². The highest BCUT2D eigenvalue weighted by Crippen LogP contribution is 2.35. The Morgan fingerprint density at radius 2 is 2.16 bits per heavy atom. The van der Waals surface area contributed by atoms with E-state index in [4.69, 9.17) is 4.74 Å². The van der Waals surface area contributed by atoms with Crippen molar-refractivity contribution >= 4 is 0 Å². The van der Waals surface area contributed by atoms with E-state index in [1.807, 2.05) is 20.2 Å². The lowest BCUT2D eigenvalue weighted by Crippen LogP contribution is -2.20. The fourth-order valence-corrected chi connectivity index (χ4v) is 2.48. The molecule has 2 heterocycles.